The van der Waals surface area contributed by atoms with Crippen molar-refractivity contribution in [2.45, 2.75) is 25.4 Å². The number of piperidine rings is 1. The number of carbonyl (C=O) groups is 2. The number of hydrogen-bond acceptors (Lipinski definition) is 3. The van der Waals surface area contributed by atoms with Crippen molar-refractivity contribution in [3.63, 3.8) is 0 Å². The number of aldehydes is 1. The summed E-state index contributed by atoms with van der Waals surface area (Å²) in [5.74, 6) is -0.523. The summed E-state index contributed by atoms with van der Waals surface area (Å²) in [5.41, 5.74) is 0.592. The summed E-state index contributed by atoms with van der Waals surface area (Å²) in [7, 11) is 0. The molecule has 0 aromatic heterocycles. The molecule has 1 saturated heterocycles. The van der Waals surface area contributed by atoms with E-state index in [9.17, 15) is 22.8 Å². The number of amides is 1. The van der Waals surface area contributed by atoms with E-state index >= 15 is 0 Å². The van der Waals surface area contributed by atoms with Crippen LogP contribution in [0.15, 0.2) is 42.5 Å². The summed E-state index contributed by atoms with van der Waals surface area (Å²) in [5, 5.41) is 2.61. The number of nitrogens with one attached hydrogen (secondary N) is 1. The van der Waals surface area contributed by atoms with Gasteiger partial charge in [-0.2, -0.15) is 13.2 Å². The molecule has 0 spiro atoms. The zero-order valence-corrected chi connectivity index (χ0v) is 14.6. The second-order valence-electron chi connectivity index (χ2n) is 6.47. The minimum absolute atomic E-state index is 0.135. The van der Waals surface area contributed by atoms with Crippen LogP contribution in [-0.4, -0.2) is 25.3 Å². The molecule has 1 fully saturated rings. The molecule has 7 heteroatoms. The molecule has 3 rings (SSSR count). The summed E-state index contributed by atoms with van der Waals surface area (Å²) in [4.78, 5) is 25.2. The van der Waals surface area contributed by atoms with Crippen LogP contribution in [0.3, 0.4) is 0 Å². The molecule has 142 valence electrons. The fourth-order valence-electron chi connectivity index (χ4n) is 3.13. The number of anilines is 2. The predicted octanol–water partition coefficient (Wildman–Crippen LogP) is 4.76. The smallest absolute Gasteiger partial charge is 0.370 e. The first-order chi connectivity index (χ1) is 12.9. The van der Waals surface area contributed by atoms with Gasteiger partial charge < -0.3 is 10.2 Å². The molecule has 0 atom stereocenters. The van der Waals surface area contributed by atoms with Gasteiger partial charge in [0.05, 0.1) is 16.9 Å². The van der Waals surface area contributed by atoms with Gasteiger partial charge in [0.25, 0.3) is 5.91 Å². The second-order valence-corrected chi connectivity index (χ2v) is 6.47. The zero-order chi connectivity index (χ0) is 19.4. The Balaban J connectivity index is 1.92. The van der Waals surface area contributed by atoms with E-state index in [1.54, 1.807) is 0 Å². The number of alkyl halides is 3. The fourth-order valence-corrected chi connectivity index (χ4v) is 3.13. The lowest BCUT2D eigenvalue weighted by Gasteiger charge is -2.31. The van der Waals surface area contributed by atoms with Crippen molar-refractivity contribution < 1.29 is 22.8 Å². The first-order valence-electron chi connectivity index (χ1n) is 8.71. The largest absolute Gasteiger partial charge is 0.416 e. The van der Waals surface area contributed by atoms with Crippen LogP contribution in [0.4, 0.5) is 24.5 Å². The Morgan fingerprint density at radius 3 is 2.26 bits per heavy atom. The van der Waals surface area contributed by atoms with Crippen molar-refractivity contribution in [2.75, 3.05) is 23.3 Å². The van der Waals surface area contributed by atoms with Crippen LogP contribution in [0.5, 0.6) is 0 Å². The summed E-state index contributed by atoms with van der Waals surface area (Å²) < 4.78 is 39.4. The average molecular weight is 376 g/mol. The molecule has 0 unspecified atom stereocenters. The SMILES string of the molecule is O=Cc1ccc(C(=O)Nc2cc(C(F)(F)F)ccc2N2CCCCC2)cc1. The molecule has 0 saturated carbocycles. The summed E-state index contributed by atoms with van der Waals surface area (Å²) in [6.45, 7) is 1.48. The Kier molecular flexibility index (Phi) is 5.48. The van der Waals surface area contributed by atoms with Gasteiger partial charge in [-0.3, -0.25) is 9.59 Å². The lowest BCUT2D eigenvalue weighted by atomic mass is 10.1. The Hall–Kier alpha value is -2.83. The molecule has 0 bridgehead atoms. The van der Waals surface area contributed by atoms with Crippen molar-refractivity contribution >= 4 is 23.6 Å². The topological polar surface area (TPSA) is 49.4 Å². The van der Waals surface area contributed by atoms with E-state index in [4.69, 9.17) is 0 Å². The third-order valence-electron chi connectivity index (χ3n) is 4.58. The Labute approximate surface area is 155 Å². The van der Waals surface area contributed by atoms with Crippen LogP contribution < -0.4 is 10.2 Å². The highest BCUT2D eigenvalue weighted by atomic mass is 19.4. The van der Waals surface area contributed by atoms with E-state index < -0.39 is 17.6 Å². The van der Waals surface area contributed by atoms with Crippen LogP contribution >= 0.6 is 0 Å². The third-order valence-corrected chi connectivity index (χ3v) is 4.58. The molecule has 27 heavy (non-hydrogen) atoms. The molecule has 2 aromatic rings. The molecule has 0 radical (unpaired) electrons. The molecule has 1 heterocycles. The van der Waals surface area contributed by atoms with Gasteiger partial charge in [0.2, 0.25) is 0 Å². The predicted molar refractivity (Wildman–Crippen MR) is 97.3 cm³/mol. The van der Waals surface area contributed by atoms with Gasteiger partial charge >= 0.3 is 6.18 Å². The summed E-state index contributed by atoms with van der Waals surface area (Å²) in [6, 6.07) is 9.33. The van der Waals surface area contributed by atoms with Gasteiger partial charge in [-0.05, 0) is 49.6 Å². The number of carbonyl (C=O) groups excluding carboxylic acids is 2. The van der Waals surface area contributed by atoms with E-state index in [0.717, 1.165) is 44.5 Å². The Morgan fingerprint density at radius 2 is 1.67 bits per heavy atom. The number of rotatable bonds is 4. The van der Waals surface area contributed by atoms with Gasteiger partial charge in [-0.25, -0.2) is 0 Å². The average Bonchev–Trinajstić information content (AvgIpc) is 2.68. The monoisotopic (exact) mass is 376 g/mol. The molecular formula is C20H19F3N2O2. The molecule has 1 aliphatic rings. The number of halogens is 3. The van der Waals surface area contributed by atoms with Crippen molar-refractivity contribution in [3.8, 4) is 0 Å². The summed E-state index contributed by atoms with van der Waals surface area (Å²) in [6.07, 6.45) is -0.834. The van der Waals surface area contributed by atoms with E-state index in [0.29, 0.717) is 17.5 Å². The first-order valence-corrected chi connectivity index (χ1v) is 8.71. The zero-order valence-electron chi connectivity index (χ0n) is 14.6. The molecule has 4 nitrogen and oxygen atoms in total. The van der Waals surface area contributed by atoms with Crippen LogP contribution in [0.2, 0.25) is 0 Å². The lowest BCUT2D eigenvalue weighted by molar-refractivity contribution is -0.137. The van der Waals surface area contributed by atoms with Crippen molar-refractivity contribution in [3.05, 3.63) is 59.2 Å². The minimum Gasteiger partial charge on any atom is -0.370 e. The molecular weight excluding hydrogens is 357 g/mol. The molecule has 0 aliphatic carbocycles. The highest BCUT2D eigenvalue weighted by molar-refractivity contribution is 6.06. The van der Waals surface area contributed by atoms with Crippen molar-refractivity contribution in [2.24, 2.45) is 0 Å². The van der Waals surface area contributed by atoms with Gasteiger partial charge in [0.15, 0.2) is 0 Å². The lowest BCUT2D eigenvalue weighted by Crippen LogP contribution is -2.30. The third kappa shape index (κ3) is 4.48. The van der Waals surface area contributed by atoms with Crippen LogP contribution in [0, 0.1) is 0 Å². The molecule has 2 aromatic carbocycles. The van der Waals surface area contributed by atoms with Gasteiger partial charge in [0.1, 0.15) is 6.29 Å². The highest BCUT2D eigenvalue weighted by Gasteiger charge is 2.32. The maximum absolute atomic E-state index is 13.1. The minimum atomic E-state index is -4.49. The van der Waals surface area contributed by atoms with E-state index in [1.807, 2.05) is 4.90 Å². The summed E-state index contributed by atoms with van der Waals surface area (Å²) >= 11 is 0. The van der Waals surface area contributed by atoms with Gasteiger partial charge in [-0.1, -0.05) is 12.1 Å². The Morgan fingerprint density at radius 1 is 1.00 bits per heavy atom. The quantitative estimate of drug-likeness (QED) is 0.783. The van der Waals surface area contributed by atoms with E-state index in [-0.39, 0.29) is 11.3 Å². The molecule has 1 aliphatic heterocycles. The number of nitrogens with zero attached hydrogens (tertiary/aromatic N) is 1. The number of hydrogen-bond donors (Lipinski definition) is 1. The first kappa shape index (κ1) is 18.9. The van der Waals surface area contributed by atoms with Crippen LogP contribution in [0.1, 0.15) is 45.5 Å². The maximum Gasteiger partial charge on any atom is 0.416 e. The second kappa shape index (κ2) is 7.82. The normalized spacial score (nSPS) is 14.7. The van der Waals surface area contributed by atoms with Crippen LogP contribution in [-0.2, 0) is 6.18 Å². The standard InChI is InChI=1S/C20H19F3N2O2/c21-20(22,23)16-8-9-18(25-10-2-1-3-11-25)17(12-16)24-19(27)15-6-4-14(13-26)5-7-15/h4-9,12-13H,1-3,10-11H2,(H,24,27). The highest BCUT2D eigenvalue weighted by Crippen LogP contribution is 2.36. The Bertz CT molecular complexity index is 826. The maximum atomic E-state index is 13.1. The van der Waals surface area contributed by atoms with Gasteiger partial charge in [0, 0.05) is 24.2 Å². The van der Waals surface area contributed by atoms with E-state index in [1.165, 1.54) is 30.3 Å². The fraction of sp³-hybridized carbons (Fsp3) is 0.300. The molecule has 1 amide bonds. The molecule has 1 N–H and O–H groups in total. The van der Waals surface area contributed by atoms with Gasteiger partial charge in [-0.15, -0.1) is 0 Å². The number of benzene rings is 2. The van der Waals surface area contributed by atoms with E-state index in [2.05, 4.69) is 5.32 Å². The van der Waals surface area contributed by atoms with Crippen molar-refractivity contribution in [1.82, 2.24) is 0 Å². The van der Waals surface area contributed by atoms with Crippen molar-refractivity contribution in [1.29, 1.82) is 0 Å². The van der Waals surface area contributed by atoms with Crippen LogP contribution in [0.25, 0.3) is 0 Å².